The van der Waals surface area contributed by atoms with Crippen LogP contribution in [-0.4, -0.2) is 17.0 Å². The summed E-state index contributed by atoms with van der Waals surface area (Å²) in [5.74, 6) is -0.113. The molecule has 0 saturated carbocycles. The van der Waals surface area contributed by atoms with Crippen LogP contribution in [0.15, 0.2) is 30.3 Å². The van der Waals surface area contributed by atoms with E-state index in [0.717, 1.165) is 25.7 Å². The normalized spacial score (nSPS) is 11.2. The first kappa shape index (κ1) is 40.2. The lowest BCUT2D eigenvalue weighted by Gasteiger charge is -2.05. The number of rotatable bonds is 34. The van der Waals surface area contributed by atoms with Crippen molar-refractivity contribution in [3.05, 3.63) is 30.3 Å². The fraction of sp³-hybridized carbons (Fsp3) is 0.800. The molecule has 0 radical (unpaired) electrons. The topological polar surface area (TPSA) is 63.6 Å². The highest BCUT2D eigenvalue weighted by molar-refractivity contribution is 5.72. The van der Waals surface area contributed by atoms with Gasteiger partial charge in [0.25, 0.3) is 0 Å². The molecule has 254 valence electrons. The van der Waals surface area contributed by atoms with Crippen molar-refractivity contribution < 1.29 is 19.4 Å². The summed E-state index contributed by atoms with van der Waals surface area (Å²) in [5.41, 5.74) is 0. The summed E-state index contributed by atoms with van der Waals surface area (Å²) in [6.07, 6.45) is 40.9. The highest BCUT2D eigenvalue weighted by Gasteiger charge is 2.04. The van der Waals surface area contributed by atoms with Crippen LogP contribution in [0.5, 0.6) is 5.75 Å². The summed E-state index contributed by atoms with van der Waals surface area (Å²) < 4.78 is 5.34. The summed E-state index contributed by atoms with van der Waals surface area (Å²) in [6.45, 7) is 0. The van der Waals surface area contributed by atoms with Gasteiger partial charge in [0.05, 0.1) is 0 Å². The van der Waals surface area contributed by atoms with Crippen LogP contribution in [-0.2, 0) is 9.59 Å². The number of hydrogen-bond acceptors (Lipinski definition) is 3. The zero-order valence-electron chi connectivity index (χ0n) is 28.7. The average Bonchev–Trinajstić information content (AvgIpc) is 3.02. The van der Waals surface area contributed by atoms with Gasteiger partial charge in [0.2, 0.25) is 0 Å². The Labute approximate surface area is 272 Å². The Morgan fingerprint density at radius 3 is 0.909 bits per heavy atom. The summed E-state index contributed by atoms with van der Waals surface area (Å²) in [5, 5.41) is 8.64. The highest BCUT2D eigenvalue weighted by Crippen LogP contribution is 2.17. The van der Waals surface area contributed by atoms with E-state index < -0.39 is 5.97 Å². The summed E-state index contributed by atoms with van der Waals surface area (Å²) >= 11 is 0. The molecule has 0 atom stereocenters. The van der Waals surface area contributed by atoms with Gasteiger partial charge in [-0.15, -0.1) is 0 Å². The molecule has 44 heavy (non-hydrogen) atoms. The Hall–Kier alpha value is -1.84. The number of carbonyl (C=O) groups excluding carboxylic acids is 1. The number of carbonyl (C=O) groups is 2. The predicted molar refractivity (Wildman–Crippen MR) is 187 cm³/mol. The molecule has 0 amide bonds. The minimum absolute atomic E-state index is 0.108. The molecule has 0 aliphatic carbocycles. The van der Waals surface area contributed by atoms with Crippen molar-refractivity contribution >= 4 is 11.9 Å². The fourth-order valence-electron chi connectivity index (χ4n) is 6.17. The third-order valence-electron chi connectivity index (χ3n) is 9.00. The molecule has 0 aliphatic heterocycles. The van der Waals surface area contributed by atoms with Crippen LogP contribution in [0.2, 0.25) is 0 Å². The van der Waals surface area contributed by atoms with E-state index in [1.54, 1.807) is 0 Å². The molecule has 0 heterocycles. The molecular formula is C40H70O4. The van der Waals surface area contributed by atoms with Crippen molar-refractivity contribution in [1.29, 1.82) is 0 Å². The fourth-order valence-corrected chi connectivity index (χ4v) is 6.17. The maximum atomic E-state index is 11.9. The molecule has 0 fully saturated rings. The molecule has 0 bridgehead atoms. The van der Waals surface area contributed by atoms with E-state index in [2.05, 4.69) is 0 Å². The second-order valence-electron chi connectivity index (χ2n) is 13.3. The van der Waals surface area contributed by atoms with Gasteiger partial charge >= 0.3 is 11.9 Å². The Bertz CT molecular complexity index is 747. The van der Waals surface area contributed by atoms with Crippen molar-refractivity contribution in [3.63, 3.8) is 0 Å². The number of aliphatic carboxylic acids is 1. The number of para-hydroxylation sites is 1. The smallest absolute Gasteiger partial charge is 0.311 e. The number of esters is 1. The minimum atomic E-state index is -0.655. The second kappa shape index (κ2) is 32.6. The lowest BCUT2D eigenvalue weighted by molar-refractivity contribution is -0.137. The Balaban J connectivity index is 1.64. The molecule has 1 aromatic rings. The van der Waals surface area contributed by atoms with E-state index in [9.17, 15) is 9.59 Å². The van der Waals surface area contributed by atoms with Gasteiger partial charge in [0.1, 0.15) is 5.75 Å². The van der Waals surface area contributed by atoms with Gasteiger partial charge in [0, 0.05) is 12.8 Å². The van der Waals surface area contributed by atoms with Crippen LogP contribution in [0, 0.1) is 0 Å². The third kappa shape index (κ3) is 30.2. The second-order valence-corrected chi connectivity index (χ2v) is 13.3. The van der Waals surface area contributed by atoms with Gasteiger partial charge in [-0.1, -0.05) is 198 Å². The third-order valence-corrected chi connectivity index (χ3v) is 9.00. The predicted octanol–water partition coefficient (Wildman–Crippen LogP) is 13.2. The van der Waals surface area contributed by atoms with Crippen molar-refractivity contribution in [3.8, 4) is 5.75 Å². The first-order chi connectivity index (χ1) is 21.7. The number of carboxylic acid groups (broad SMARTS) is 1. The van der Waals surface area contributed by atoms with Crippen molar-refractivity contribution in [2.75, 3.05) is 0 Å². The Morgan fingerprint density at radius 2 is 0.636 bits per heavy atom. The lowest BCUT2D eigenvalue weighted by atomic mass is 10.0. The van der Waals surface area contributed by atoms with E-state index >= 15 is 0 Å². The molecular weight excluding hydrogens is 544 g/mol. The molecule has 1 rings (SSSR count). The maximum Gasteiger partial charge on any atom is 0.311 e. The van der Waals surface area contributed by atoms with E-state index in [0.29, 0.717) is 18.6 Å². The van der Waals surface area contributed by atoms with Gasteiger partial charge in [-0.25, -0.2) is 0 Å². The SMILES string of the molecule is O=C(O)CCCCCCCCCCCCCCCCCCCCCCCCCCCCCCCCC(=O)Oc1ccccc1. The van der Waals surface area contributed by atoms with Crippen LogP contribution in [0.3, 0.4) is 0 Å². The number of hydrogen-bond donors (Lipinski definition) is 1. The molecule has 1 aromatic carbocycles. The molecule has 4 nitrogen and oxygen atoms in total. The van der Waals surface area contributed by atoms with Crippen molar-refractivity contribution in [1.82, 2.24) is 0 Å². The summed E-state index contributed by atoms with van der Waals surface area (Å²) in [6, 6.07) is 9.36. The van der Waals surface area contributed by atoms with E-state index in [1.165, 1.54) is 167 Å². The van der Waals surface area contributed by atoms with Crippen molar-refractivity contribution in [2.45, 2.75) is 205 Å². The molecule has 0 unspecified atom stereocenters. The molecule has 1 N–H and O–H groups in total. The number of benzene rings is 1. The van der Waals surface area contributed by atoms with Gasteiger partial charge in [-0.3, -0.25) is 9.59 Å². The summed E-state index contributed by atoms with van der Waals surface area (Å²) in [4.78, 5) is 22.3. The van der Waals surface area contributed by atoms with Crippen molar-refractivity contribution in [2.24, 2.45) is 0 Å². The quantitative estimate of drug-likeness (QED) is 0.0476. The zero-order valence-corrected chi connectivity index (χ0v) is 28.7. The Morgan fingerprint density at radius 1 is 0.386 bits per heavy atom. The van der Waals surface area contributed by atoms with Gasteiger partial charge in [-0.2, -0.15) is 0 Å². The standard InChI is InChI=1S/C40H70O4/c41-39(42)36-32-27-25-23-21-19-17-15-13-11-9-7-5-3-1-2-4-6-8-10-12-14-16-18-20-22-24-26-28-33-37-40(43)44-38-34-30-29-31-35-38/h29-31,34-35H,1-28,32-33,36-37H2,(H,41,42). The lowest BCUT2D eigenvalue weighted by Crippen LogP contribution is -2.07. The maximum absolute atomic E-state index is 11.9. The average molecular weight is 615 g/mol. The van der Waals surface area contributed by atoms with Crippen LogP contribution in [0.4, 0.5) is 0 Å². The van der Waals surface area contributed by atoms with Crippen LogP contribution >= 0.6 is 0 Å². The van der Waals surface area contributed by atoms with E-state index in [-0.39, 0.29) is 5.97 Å². The molecule has 0 aliphatic rings. The van der Waals surface area contributed by atoms with E-state index in [1.807, 2.05) is 30.3 Å². The Kier molecular flexibility index (Phi) is 29.7. The first-order valence-electron chi connectivity index (χ1n) is 19.2. The van der Waals surface area contributed by atoms with Crippen LogP contribution < -0.4 is 4.74 Å². The monoisotopic (exact) mass is 615 g/mol. The van der Waals surface area contributed by atoms with Crippen LogP contribution in [0.1, 0.15) is 205 Å². The number of carboxylic acids is 1. The van der Waals surface area contributed by atoms with Gasteiger partial charge in [0.15, 0.2) is 0 Å². The molecule has 0 spiro atoms. The van der Waals surface area contributed by atoms with Gasteiger partial charge < -0.3 is 9.84 Å². The minimum Gasteiger partial charge on any atom is -0.481 e. The van der Waals surface area contributed by atoms with E-state index in [4.69, 9.17) is 9.84 Å². The molecule has 4 heteroatoms. The van der Waals surface area contributed by atoms with Gasteiger partial charge in [-0.05, 0) is 25.0 Å². The summed E-state index contributed by atoms with van der Waals surface area (Å²) in [7, 11) is 0. The van der Waals surface area contributed by atoms with Crippen LogP contribution in [0.25, 0.3) is 0 Å². The highest BCUT2D eigenvalue weighted by atomic mass is 16.5. The zero-order chi connectivity index (χ0) is 31.6. The molecule has 0 aromatic heterocycles. The molecule has 0 saturated heterocycles. The first-order valence-corrected chi connectivity index (χ1v) is 19.2. The number of unbranched alkanes of at least 4 members (excludes halogenated alkanes) is 29. The largest absolute Gasteiger partial charge is 0.481 e. The number of ether oxygens (including phenoxy) is 1.